The van der Waals surface area contributed by atoms with Crippen LogP contribution in [0.25, 0.3) is 255 Å². The molecule has 0 unspecified atom stereocenters. The van der Waals surface area contributed by atoms with E-state index in [-0.39, 0.29) is 0 Å². The zero-order chi connectivity index (χ0) is 94.8. The topological polar surface area (TPSA) is 138 Å². The Bertz CT molecular complexity index is 9310. The molecule has 0 N–H and O–H groups in total. The third-order valence-electron chi connectivity index (χ3n) is 26.9. The molecule has 142 heavy (non-hydrogen) atoms. The molecule has 0 bridgehead atoms. The minimum atomic E-state index is 0.655. The lowest BCUT2D eigenvalue weighted by atomic mass is 9.94. The van der Waals surface area contributed by atoms with Crippen LogP contribution in [-0.4, -0.2) is 34.9 Å². The monoisotopic (exact) mass is 1810 g/mol. The van der Waals surface area contributed by atoms with E-state index in [1.807, 2.05) is 54.6 Å². The molecule has 0 fully saturated rings. The average Bonchev–Trinajstić information content (AvgIpc) is 0.755. The predicted molar refractivity (Wildman–Crippen MR) is 587 cm³/mol. The standard InChI is InChI=1S/C51H33N3.C47H29N3.C35H21N3/c1-3-13-34(14-4-1)44-32-49(52-46-21-11-9-19-42(44)46)37-25-23-36(24-26-37)48-31-40-17-7-8-18-41(40)51(54-48)39-29-27-38(28-30-39)50-33-45(35-15-5-2-6-16-35)43-20-10-12-22-47(43)53-50;1-2-12-35-34(11-1)29-44(30-21-23-31(24-22-30)45-36-13-3-7-17-40(36)48-41-18-8-4-14-37(41)45)50-47(35)33-27-25-32(26-28-33)46-38-15-5-9-19-42(38)49-43-20-10-6-16-39(43)46;36-22-24-5-9-26(10-6-24)28-13-17-30(18-14-28)34-21-32-3-1-2-4-33(32)35(38-34)31-19-15-29(16-20-31)27-11-7-25(23-37)8-12-27/h1-33H;1-29H;1-21H. The van der Waals surface area contributed by atoms with Crippen LogP contribution in [0.3, 0.4) is 0 Å². The smallest absolute Gasteiger partial charge is 0.0991 e. The Kier molecular flexibility index (Phi) is 22.7. The highest BCUT2D eigenvalue weighted by molar-refractivity contribution is 6.12. The Morgan fingerprint density at radius 2 is 0.345 bits per heavy atom. The van der Waals surface area contributed by atoms with Crippen molar-refractivity contribution in [1.82, 2.24) is 34.9 Å². The third-order valence-corrected chi connectivity index (χ3v) is 26.9. The van der Waals surface area contributed by atoms with Crippen LogP contribution in [-0.2, 0) is 0 Å². The second kappa shape index (κ2) is 37.7. The number of nitriles is 2. The van der Waals surface area contributed by atoms with Gasteiger partial charge in [-0.25, -0.2) is 34.9 Å². The fourth-order valence-corrected chi connectivity index (χ4v) is 19.7. The van der Waals surface area contributed by atoms with E-state index in [9.17, 15) is 0 Å². The third kappa shape index (κ3) is 16.9. The lowest BCUT2D eigenvalue weighted by molar-refractivity contribution is 1.34. The van der Waals surface area contributed by atoms with Crippen molar-refractivity contribution in [3.8, 4) is 169 Å². The molecular formula is C133H83N9. The molecule has 0 radical (unpaired) electrons. The highest BCUT2D eigenvalue weighted by Gasteiger charge is 2.21. The maximum absolute atomic E-state index is 9.07. The second-order valence-corrected chi connectivity index (χ2v) is 35.5. The first kappa shape index (κ1) is 85.5. The molecule has 7 heterocycles. The largest absolute Gasteiger partial charge is 0.248 e. The molecule has 9 nitrogen and oxygen atoms in total. The summed E-state index contributed by atoms with van der Waals surface area (Å²) >= 11 is 0. The first-order chi connectivity index (χ1) is 70.2. The fraction of sp³-hybridized carbons (Fsp3) is 0. The number of hydrogen-bond donors (Lipinski definition) is 0. The van der Waals surface area contributed by atoms with Crippen molar-refractivity contribution in [2.24, 2.45) is 0 Å². The highest BCUT2D eigenvalue weighted by Crippen LogP contribution is 2.44. The van der Waals surface area contributed by atoms with Crippen molar-refractivity contribution in [2.75, 3.05) is 0 Å². The van der Waals surface area contributed by atoms with Gasteiger partial charge in [-0.2, -0.15) is 10.5 Å². The van der Waals surface area contributed by atoms with Gasteiger partial charge in [-0.05, 0) is 163 Å². The summed E-state index contributed by atoms with van der Waals surface area (Å²) in [6.45, 7) is 0. The molecule has 7 aromatic heterocycles. The molecule has 0 aliphatic heterocycles. The van der Waals surface area contributed by atoms with Gasteiger partial charge in [0.25, 0.3) is 0 Å². The molecule has 660 valence electrons. The first-order valence-corrected chi connectivity index (χ1v) is 47.6. The van der Waals surface area contributed by atoms with Crippen LogP contribution in [0.2, 0.25) is 0 Å². The molecule has 26 rings (SSSR count). The van der Waals surface area contributed by atoms with Gasteiger partial charge < -0.3 is 0 Å². The second-order valence-electron chi connectivity index (χ2n) is 35.5. The van der Waals surface area contributed by atoms with E-state index in [1.165, 1.54) is 33.4 Å². The van der Waals surface area contributed by atoms with Crippen molar-refractivity contribution in [3.63, 3.8) is 0 Å². The van der Waals surface area contributed by atoms with Crippen LogP contribution in [0, 0.1) is 22.7 Å². The fourth-order valence-electron chi connectivity index (χ4n) is 19.7. The Balaban J connectivity index is 0.000000117. The summed E-state index contributed by atoms with van der Waals surface area (Å²) in [5.74, 6) is 0. The molecule has 0 aliphatic carbocycles. The average molecular weight is 1810 g/mol. The summed E-state index contributed by atoms with van der Waals surface area (Å²) in [5.41, 5.74) is 37.2. The molecular weight excluding hydrogens is 1720 g/mol. The van der Waals surface area contributed by atoms with E-state index in [4.69, 9.17) is 45.4 Å². The van der Waals surface area contributed by atoms with Gasteiger partial charge in [0.15, 0.2) is 0 Å². The van der Waals surface area contributed by atoms with Crippen LogP contribution in [0.15, 0.2) is 504 Å². The van der Waals surface area contributed by atoms with Crippen LogP contribution in [0.1, 0.15) is 11.1 Å². The molecule has 0 atom stereocenters. The van der Waals surface area contributed by atoms with Gasteiger partial charge in [-0.3, -0.25) is 0 Å². The quantitative estimate of drug-likeness (QED) is 0.0974. The van der Waals surface area contributed by atoms with E-state index in [2.05, 4.69) is 461 Å². The Morgan fingerprint density at radius 3 is 0.620 bits per heavy atom. The Morgan fingerprint density at radius 1 is 0.141 bits per heavy atom. The SMILES string of the molecule is N#Cc1ccc(-c2ccc(-c3cc4ccccc4c(-c4ccc(-c5ccc(C#N)cc5)cc4)n3)cc2)cc1.c1ccc(-c2cc(-c3ccc(-c4cc5ccccc5c(-c5ccc(-c6cc(-c7ccccc7)c7ccccc7n6)cc5)n4)cc3)nc3ccccc23)cc1.c1ccc2c(-c3ccc(-c4c5ccccc5nc5ccccc45)cc3)nc(-c3ccc(-c4c5ccccc5nc5ccccc45)cc3)cc2c1. The summed E-state index contributed by atoms with van der Waals surface area (Å²) in [6.07, 6.45) is 0. The number of aromatic nitrogens is 7. The van der Waals surface area contributed by atoms with E-state index in [1.54, 1.807) is 0 Å². The molecule has 0 amide bonds. The number of rotatable bonds is 14. The Labute approximate surface area is 821 Å². The van der Waals surface area contributed by atoms with E-state index in [0.717, 1.165) is 221 Å². The number of benzene rings is 19. The predicted octanol–water partition coefficient (Wildman–Crippen LogP) is 34.3. The van der Waals surface area contributed by atoms with Crippen molar-refractivity contribution >= 4 is 97.7 Å². The van der Waals surface area contributed by atoms with Gasteiger partial charge in [0.05, 0.1) is 102 Å². The summed E-state index contributed by atoms with van der Waals surface area (Å²) in [6, 6.07) is 179. The van der Waals surface area contributed by atoms with Crippen molar-refractivity contribution < 1.29 is 0 Å². The number of hydrogen-bond acceptors (Lipinski definition) is 9. The molecule has 0 saturated carbocycles. The molecule has 0 spiro atoms. The molecule has 26 aromatic rings. The molecule has 19 aromatic carbocycles. The zero-order valence-electron chi connectivity index (χ0n) is 76.9. The summed E-state index contributed by atoms with van der Waals surface area (Å²) in [4.78, 5) is 35.8. The lowest BCUT2D eigenvalue weighted by Crippen LogP contribution is -1.93. The normalized spacial score (nSPS) is 11.2. The van der Waals surface area contributed by atoms with E-state index in [0.29, 0.717) is 11.1 Å². The number of pyridine rings is 7. The van der Waals surface area contributed by atoms with Crippen LogP contribution in [0.5, 0.6) is 0 Å². The zero-order valence-corrected chi connectivity index (χ0v) is 76.9. The minimum absolute atomic E-state index is 0.655. The minimum Gasteiger partial charge on any atom is -0.248 e. The number of nitrogens with zero attached hydrogens (tertiary/aromatic N) is 9. The summed E-state index contributed by atoms with van der Waals surface area (Å²) in [7, 11) is 0. The van der Waals surface area contributed by atoms with Gasteiger partial charge in [-0.1, -0.05) is 413 Å². The molecule has 9 heteroatoms. The van der Waals surface area contributed by atoms with E-state index < -0.39 is 0 Å². The molecule has 0 aliphatic rings. The number of fused-ring (bicyclic) bond motifs is 9. The number of para-hydroxylation sites is 6. The maximum Gasteiger partial charge on any atom is 0.0991 e. The van der Waals surface area contributed by atoms with Crippen molar-refractivity contribution in [3.05, 3.63) is 515 Å². The van der Waals surface area contributed by atoms with Gasteiger partial charge in [0.2, 0.25) is 0 Å². The van der Waals surface area contributed by atoms with Gasteiger partial charge in [0.1, 0.15) is 0 Å². The van der Waals surface area contributed by atoms with Crippen LogP contribution >= 0.6 is 0 Å². The van der Waals surface area contributed by atoms with Gasteiger partial charge in [-0.15, -0.1) is 0 Å². The van der Waals surface area contributed by atoms with Crippen LogP contribution < -0.4 is 0 Å². The Hall–Kier alpha value is -19.5. The highest BCUT2D eigenvalue weighted by atomic mass is 14.8. The lowest BCUT2D eigenvalue weighted by Gasteiger charge is -2.14. The summed E-state index contributed by atoms with van der Waals surface area (Å²) in [5, 5.41) is 31.9. The molecule has 0 saturated heterocycles. The maximum atomic E-state index is 9.07. The van der Waals surface area contributed by atoms with Crippen LogP contribution in [0.4, 0.5) is 0 Å². The van der Waals surface area contributed by atoms with Crippen molar-refractivity contribution in [2.45, 2.75) is 0 Å². The van der Waals surface area contributed by atoms with Gasteiger partial charge >= 0.3 is 0 Å². The summed E-state index contributed by atoms with van der Waals surface area (Å²) < 4.78 is 0. The van der Waals surface area contributed by atoms with E-state index >= 15 is 0 Å². The van der Waals surface area contributed by atoms with Crippen molar-refractivity contribution in [1.29, 1.82) is 10.5 Å². The first-order valence-electron chi connectivity index (χ1n) is 47.6. The van der Waals surface area contributed by atoms with Gasteiger partial charge in [0, 0.05) is 104 Å².